The average molecular weight is 1990 g/mol. The van der Waals surface area contributed by atoms with Crippen molar-refractivity contribution in [3.8, 4) is 0 Å². The Morgan fingerprint density at radius 1 is 0.452 bits per heavy atom. The normalized spacial score (nSPS) is 23.6. The number of nitrogens with zero attached hydrogens (tertiary/aromatic N) is 5. The highest BCUT2D eigenvalue weighted by atomic mass is 32.2. The Hall–Kier alpha value is -4.44. The number of amides is 6. The highest BCUT2D eigenvalue weighted by Gasteiger charge is 2.47. The van der Waals surface area contributed by atoms with E-state index in [9.17, 15) is 46.2 Å². The Kier molecular flexibility index (Phi) is 55.0. The zero-order valence-electron chi connectivity index (χ0n) is 96.9. The maximum absolute atomic E-state index is 11.6. The Morgan fingerprint density at radius 2 is 0.830 bits per heavy atom. The minimum Gasteiger partial charge on any atom is -0.466 e. The van der Waals surface area contributed by atoms with Gasteiger partial charge in [-0.1, -0.05) is 340 Å². The van der Waals surface area contributed by atoms with E-state index in [0.29, 0.717) is 74.0 Å². The second-order valence-electron chi connectivity index (χ2n) is 56.2. The lowest BCUT2D eigenvalue weighted by Gasteiger charge is -2.44. The van der Waals surface area contributed by atoms with Crippen LogP contribution in [0.3, 0.4) is 0 Å². The van der Waals surface area contributed by atoms with E-state index in [1.165, 1.54) is 58.9 Å². The van der Waals surface area contributed by atoms with Crippen LogP contribution >= 0.6 is 23.5 Å². The summed E-state index contributed by atoms with van der Waals surface area (Å²) in [5.74, 6) is 6.10. The molecule has 0 aromatic heterocycles. The lowest BCUT2D eigenvalue weighted by atomic mass is 9.76. The highest BCUT2D eigenvalue weighted by molar-refractivity contribution is 8.05. The van der Waals surface area contributed by atoms with Gasteiger partial charge in [-0.2, -0.15) is 0 Å². The average Bonchev–Trinajstić information content (AvgIpc) is 1.67. The number of carbonyl (C=O) groups is 7. The number of Topliss-reactive ketones (excluding diaryl/α,β-unsaturated/α-hetero) is 1. The van der Waals surface area contributed by atoms with E-state index >= 15 is 0 Å². The van der Waals surface area contributed by atoms with Crippen LogP contribution in [0.25, 0.3) is 0 Å². The van der Waals surface area contributed by atoms with E-state index in [0.717, 1.165) is 77.8 Å². The molecule has 1 saturated carbocycles. The molecule has 8 heterocycles. The van der Waals surface area contributed by atoms with Gasteiger partial charge in [0.25, 0.3) is 11.8 Å². The van der Waals surface area contributed by atoms with E-state index in [-0.39, 0.29) is 107 Å². The van der Waals surface area contributed by atoms with E-state index in [4.69, 9.17) is 9.47 Å². The SMILES string of the molecule is C=C1NC(=O)C(C)(CC(C)(C)C)O1.C=C1NC(=O)C(C)(CC(C)(C)C)S1.C=C1NC(=O)C(CC(C)(C)C)O1.C=C1NC(=O)C(CC(C)(C)C)S1.C=S1(=O)CC(CC(C)(C)C)C(=O)N1.CC(C)(C)CC(=O)CC1(C)CC1.CCC(C)(C)C.CCC(C)(C)C.CN(C)CC(C)(C)C.CN(C)CC(C)(C)C.CN1C(=O)C(CC(C)(C)C)CS1(=O)=O.CN1CC(C(C)(C)C)C1.CN1CC(C(C)(C)C)C1. The fraction of sp³-hybridized carbons (Fsp3) is 0.853. The summed E-state index contributed by atoms with van der Waals surface area (Å²) in [6.45, 7) is 117. The van der Waals surface area contributed by atoms with Gasteiger partial charge in [0.15, 0.2) is 23.5 Å². The van der Waals surface area contributed by atoms with Crippen LogP contribution in [-0.4, -0.2) is 205 Å². The number of hydrogen-bond donors (Lipinski definition) is 5. The molecule has 22 nitrogen and oxygen atoms in total. The molecule has 5 N–H and O–H groups in total. The zero-order chi connectivity index (χ0) is 108. The van der Waals surface area contributed by atoms with E-state index in [2.05, 4.69) is 390 Å². The van der Waals surface area contributed by atoms with Crippen LogP contribution in [0.4, 0.5) is 0 Å². The van der Waals surface area contributed by atoms with Gasteiger partial charge in [-0.05, 0) is 208 Å². The highest BCUT2D eigenvalue weighted by Crippen LogP contribution is 2.49. The number of likely N-dealkylation sites (tertiary alicyclic amines) is 2. The number of thioether (sulfide) groups is 2. The Morgan fingerprint density at radius 3 is 1.04 bits per heavy atom. The number of rotatable bonds is 11. The summed E-state index contributed by atoms with van der Waals surface area (Å²) >= 11 is 3.09. The molecule has 6 amide bonds. The Labute approximate surface area is 841 Å². The first-order valence-corrected chi connectivity index (χ1v) is 54.6. The summed E-state index contributed by atoms with van der Waals surface area (Å²) in [5.41, 5.74) is 3.50. The van der Waals surface area contributed by atoms with Crippen LogP contribution in [-0.2, 0) is 62.8 Å². The van der Waals surface area contributed by atoms with E-state index in [1.54, 1.807) is 30.4 Å². The second kappa shape index (κ2) is 54.3. The molecule has 1 aliphatic carbocycles. The van der Waals surface area contributed by atoms with E-state index < -0.39 is 25.3 Å². The summed E-state index contributed by atoms with van der Waals surface area (Å²) in [7, 11) is 8.48. The lowest BCUT2D eigenvalue weighted by Crippen LogP contribution is -2.49. The molecular formula is C109H214N10O12S4. The number of ketones is 1. The van der Waals surface area contributed by atoms with Gasteiger partial charge < -0.3 is 39.7 Å². The third kappa shape index (κ3) is 70.0. The molecule has 135 heavy (non-hydrogen) atoms. The summed E-state index contributed by atoms with van der Waals surface area (Å²) in [5, 5.41) is 12.2. The Bertz CT molecular complexity index is 3780. The molecule has 796 valence electrons. The van der Waals surface area contributed by atoms with Crippen LogP contribution in [0.1, 0.15) is 382 Å². The quantitative estimate of drug-likeness (QED) is 0.120. The minimum atomic E-state index is -3.31. The number of nitrogens with one attached hydrogen (secondary N) is 5. The van der Waals surface area contributed by atoms with Crippen molar-refractivity contribution in [2.45, 2.75) is 403 Å². The number of carbonyl (C=O) groups excluding carboxylic acids is 7. The topological polar surface area (TPSA) is 266 Å². The third-order valence-electron chi connectivity index (χ3n) is 22.2. The van der Waals surface area contributed by atoms with Gasteiger partial charge in [-0.15, -0.1) is 0 Å². The molecule has 9 rings (SSSR count). The summed E-state index contributed by atoms with van der Waals surface area (Å²) in [4.78, 5) is 89.1. The molecule has 9 aliphatic rings. The largest absolute Gasteiger partial charge is 0.466 e. The minimum absolute atomic E-state index is 0.0129. The van der Waals surface area contributed by atoms with Crippen molar-refractivity contribution < 1.29 is 55.7 Å². The van der Waals surface area contributed by atoms with Crippen LogP contribution in [0.15, 0.2) is 48.1 Å². The molecule has 0 spiro atoms. The maximum Gasteiger partial charge on any atom is 0.270 e. The molecule has 7 atom stereocenters. The smallest absolute Gasteiger partial charge is 0.270 e. The fourth-order valence-electron chi connectivity index (χ4n) is 15.0. The molecule has 0 bridgehead atoms. The van der Waals surface area contributed by atoms with Gasteiger partial charge in [0, 0.05) is 81.0 Å². The summed E-state index contributed by atoms with van der Waals surface area (Å²) < 4.78 is 47.8. The molecule has 0 aromatic rings. The molecule has 0 aromatic carbocycles. The fourth-order valence-corrected chi connectivity index (χ4v) is 20.6. The van der Waals surface area contributed by atoms with E-state index in [1.807, 2.05) is 27.7 Å². The molecule has 8 saturated heterocycles. The van der Waals surface area contributed by atoms with Gasteiger partial charge in [0.05, 0.1) is 37.6 Å². The molecule has 9 fully saturated rings. The molecule has 7 unspecified atom stereocenters. The first-order chi connectivity index (χ1) is 59.3. The van der Waals surface area contributed by atoms with Crippen molar-refractivity contribution in [3.05, 3.63) is 48.1 Å². The van der Waals surface area contributed by atoms with Crippen molar-refractivity contribution in [2.24, 2.45) is 99.5 Å². The van der Waals surface area contributed by atoms with Crippen LogP contribution in [0.5, 0.6) is 0 Å². The van der Waals surface area contributed by atoms with Crippen molar-refractivity contribution in [3.63, 3.8) is 0 Å². The second-order valence-corrected chi connectivity index (χ2v) is 63.3. The first kappa shape index (κ1) is 137. The van der Waals surface area contributed by atoms with Crippen LogP contribution < -0.4 is 26.0 Å². The molecule has 0 radical (unpaired) electrons. The first-order valence-electron chi connectivity index (χ1n) is 49.4. The van der Waals surface area contributed by atoms with Crippen molar-refractivity contribution in [1.29, 1.82) is 0 Å². The van der Waals surface area contributed by atoms with Gasteiger partial charge in [-0.3, -0.25) is 48.9 Å². The van der Waals surface area contributed by atoms with Crippen molar-refractivity contribution in [1.82, 2.24) is 49.9 Å². The zero-order valence-corrected chi connectivity index (χ0v) is 100. The van der Waals surface area contributed by atoms with Crippen LogP contribution in [0, 0.1) is 99.5 Å². The predicted molar refractivity (Wildman–Crippen MR) is 585 cm³/mol. The van der Waals surface area contributed by atoms with Gasteiger partial charge >= 0.3 is 0 Å². The maximum atomic E-state index is 11.6. The van der Waals surface area contributed by atoms with Crippen molar-refractivity contribution >= 4 is 90.4 Å². The molecule has 8 aliphatic heterocycles. The predicted octanol–water partition coefficient (Wildman–Crippen LogP) is 23.9. The van der Waals surface area contributed by atoms with Crippen molar-refractivity contribution in [2.75, 3.05) is 100 Å². The lowest BCUT2D eigenvalue weighted by molar-refractivity contribution is -0.132. The monoisotopic (exact) mass is 1980 g/mol. The molecular weight excluding hydrogens is 1770 g/mol. The number of ether oxygens (including phenoxy) is 2. The van der Waals surface area contributed by atoms with Crippen LogP contribution in [0.2, 0.25) is 0 Å². The third-order valence-corrected chi connectivity index (χ3v) is 27.8. The summed E-state index contributed by atoms with van der Waals surface area (Å²) in [6.07, 6.45) is 10.8. The number of hydrogen-bond acceptors (Lipinski definition) is 18. The summed E-state index contributed by atoms with van der Waals surface area (Å²) in [6, 6.07) is 0. The van der Waals surface area contributed by atoms with Gasteiger partial charge in [0.1, 0.15) is 5.78 Å². The van der Waals surface area contributed by atoms with Gasteiger partial charge in [-0.25, -0.2) is 16.9 Å². The van der Waals surface area contributed by atoms with Gasteiger partial charge in [0.2, 0.25) is 33.7 Å². The standard InChI is InChI=1S/C11H20O.C10H17NO2.C10H17NOS.C9H17NO3S.C9H17NO2S.C9H15NO2.C9H15NOS.2C8H17N.2C7H17N.2C6H14/c1-10(2,3)7-9(12)8-11(4)5-6-11;2*1-7-11-8(12)10(5,13-7)6-9(2,3)4;1-9(2,3)5-7-6-14(12,13)10(4)8(7)11;1-9(2,3)5-7-6-13(4,12)10-8(7)11;2*1-6-10-8(11)7(12-6)5-9(2,3)4;2*1-8(2,3)7-5-9(4)6-7;2*1-7(2,3)6-8(4)5;2*1-5-6(2,3)4/h5-8H2,1-4H3;2*1,6H2,2-5H3,(H,11,12);7H,5-6H2,1-4H3;7H,4-6H2,1-3H3,(H,10,11,12);2*7H,1,5H2,2-4H3,(H,10,11);2*7H,5-6H2,1-4H3;2*6H2,1-5H3;2*5H2,1-4H3. The Balaban J connectivity index is -0.000000693. The number of sulfonamides is 1. The molecule has 26 heteroatoms.